The molecule has 0 fully saturated rings. The Morgan fingerprint density at radius 1 is 1.36 bits per heavy atom. The van der Waals surface area contributed by atoms with Crippen molar-refractivity contribution < 1.29 is 19.1 Å². The zero-order chi connectivity index (χ0) is 18.6. The Kier molecular flexibility index (Phi) is 5.63. The van der Waals surface area contributed by atoms with E-state index < -0.39 is 5.91 Å². The molecule has 0 aliphatic heterocycles. The van der Waals surface area contributed by atoms with Crippen LogP contribution < -0.4 is 20.5 Å². The summed E-state index contributed by atoms with van der Waals surface area (Å²) < 4.78 is 12.2. The summed E-state index contributed by atoms with van der Waals surface area (Å²) in [6, 6.07) is 4.51. The van der Waals surface area contributed by atoms with Gasteiger partial charge in [0.25, 0.3) is 11.8 Å². The zero-order valence-corrected chi connectivity index (χ0v) is 14.7. The summed E-state index contributed by atoms with van der Waals surface area (Å²) in [6.07, 6.45) is 1.74. The van der Waals surface area contributed by atoms with Crippen molar-refractivity contribution in [3.63, 3.8) is 0 Å². The van der Waals surface area contributed by atoms with E-state index in [9.17, 15) is 9.59 Å². The second kappa shape index (κ2) is 7.69. The van der Waals surface area contributed by atoms with Crippen molar-refractivity contribution in [3.8, 4) is 11.5 Å². The minimum Gasteiger partial charge on any atom is -0.493 e. The summed E-state index contributed by atoms with van der Waals surface area (Å²) in [5, 5.41) is 7.11. The number of nitrogens with two attached hydrogens (primary N) is 1. The van der Waals surface area contributed by atoms with Crippen LogP contribution in [0.3, 0.4) is 0 Å². The molecule has 8 heteroatoms. The van der Waals surface area contributed by atoms with Crippen LogP contribution in [0.2, 0.25) is 0 Å². The molecule has 1 aromatic heterocycles. The number of nitrogens with zero attached hydrogens (tertiary/aromatic N) is 2. The van der Waals surface area contributed by atoms with E-state index in [4.69, 9.17) is 15.2 Å². The van der Waals surface area contributed by atoms with Crippen LogP contribution in [0.1, 0.15) is 34.6 Å². The van der Waals surface area contributed by atoms with Gasteiger partial charge in [0.1, 0.15) is 0 Å². The molecular weight excluding hydrogens is 324 g/mol. The van der Waals surface area contributed by atoms with E-state index in [2.05, 4.69) is 10.4 Å². The molecule has 1 aromatic carbocycles. The summed E-state index contributed by atoms with van der Waals surface area (Å²) in [4.78, 5) is 23.3. The fourth-order valence-corrected chi connectivity index (χ4v) is 2.38. The maximum absolute atomic E-state index is 12.5. The fraction of sp³-hybridized carbons (Fsp3) is 0.353. The van der Waals surface area contributed by atoms with E-state index >= 15 is 0 Å². The number of methoxy groups -OCH3 is 1. The minimum absolute atomic E-state index is 0.196. The third-order valence-electron chi connectivity index (χ3n) is 3.88. The number of aromatic nitrogens is 2. The number of primary amides is 1. The average Bonchev–Trinajstić information content (AvgIpc) is 2.91. The summed E-state index contributed by atoms with van der Waals surface area (Å²) in [5.74, 6) is -0.159. The topological polar surface area (TPSA) is 108 Å². The molecule has 1 heterocycles. The molecule has 1 atom stereocenters. The molecule has 134 valence electrons. The summed E-state index contributed by atoms with van der Waals surface area (Å²) in [5.41, 5.74) is 7.41. The molecule has 2 rings (SSSR count). The molecule has 0 aliphatic rings. The Morgan fingerprint density at radius 3 is 2.64 bits per heavy atom. The molecule has 0 saturated carbocycles. The Balaban J connectivity index is 2.13. The highest BCUT2D eigenvalue weighted by atomic mass is 16.5. The van der Waals surface area contributed by atoms with Gasteiger partial charge in [-0.15, -0.1) is 0 Å². The zero-order valence-electron chi connectivity index (χ0n) is 14.7. The maximum atomic E-state index is 12.5. The Bertz CT molecular complexity index is 785. The van der Waals surface area contributed by atoms with Gasteiger partial charge < -0.3 is 20.5 Å². The number of hydrogen-bond acceptors (Lipinski definition) is 5. The van der Waals surface area contributed by atoms with E-state index in [0.717, 1.165) is 11.3 Å². The molecule has 2 aromatic rings. The quantitative estimate of drug-likeness (QED) is 0.780. The monoisotopic (exact) mass is 346 g/mol. The van der Waals surface area contributed by atoms with Crippen LogP contribution in [0.4, 0.5) is 0 Å². The predicted molar refractivity (Wildman–Crippen MR) is 91.5 cm³/mol. The second-order valence-electron chi connectivity index (χ2n) is 5.62. The van der Waals surface area contributed by atoms with Crippen LogP contribution in [0.5, 0.6) is 11.5 Å². The van der Waals surface area contributed by atoms with E-state index in [1.165, 1.54) is 7.11 Å². The third-order valence-corrected chi connectivity index (χ3v) is 3.88. The van der Waals surface area contributed by atoms with Crippen LogP contribution in [-0.2, 0) is 11.8 Å². The van der Waals surface area contributed by atoms with Crippen molar-refractivity contribution in [2.45, 2.75) is 19.9 Å². The summed E-state index contributed by atoms with van der Waals surface area (Å²) in [7, 11) is 3.30. The smallest absolute Gasteiger partial charge is 0.255 e. The second-order valence-corrected chi connectivity index (χ2v) is 5.62. The van der Waals surface area contributed by atoms with Gasteiger partial charge in [0.05, 0.1) is 19.3 Å². The van der Waals surface area contributed by atoms with E-state index in [0.29, 0.717) is 17.1 Å². The molecule has 2 amide bonds. The molecule has 25 heavy (non-hydrogen) atoms. The van der Waals surface area contributed by atoms with Gasteiger partial charge in [0, 0.05) is 23.9 Å². The molecule has 3 N–H and O–H groups in total. The number of benzene rings is 1. The molecule has 0 radical (unpaired) electrons. The number of carbonyl (C=O) groups is 2. The molecule has 0 spiro atoms. The predicted octanol–water partition coefficient (Wildman–Crippen LogP) is 1.09. The largest absolute Gasteiger partial charge is 0.493 e. The lowest BCUT2D eigenvalue weighted by molar-refractivity contribution is -0.119. The van der Waals surface area contributed by atoms with Gasteiger partial charge in [-0.05, 0) is 32.0 Å². The maximum Gasteiger partial charge on any atom is 0.255 e. The number of carbonyl (C=O) groups excluding carboxylic acids is 2. The Hall–Kier alpha value is -3.03. The number of amides is 2. The minimum atomic E-state index is -0.593. The number of ether oxygens (including phenoxy) is 2. The van der Waals surface area contributed by atoms with Gasteiger partial charge in [-0.1, -0.05) is 0 Å². The van der Waals surface area contributed by atoms with Crippen LogP contribution >= 0.6 is 0 Å². The highest BCUT2D eigenvalue weighted by Crippen LogP contribution is 2.28. The van der Waals surface area contributed by atoms with Crippen molar-refractivity contribution in [1.29, 1.82) is 0 Å². The van der Waals surface area contributed by atoms with Crippen molar-refractivity contribution in [1.82, 2.24) is 15.1 Å². The van der Waals surface area contributed by atoms with Crippen LogP contribution in [0, 0.1) is 6.92 Å². The summed E-state index contributed by atoms with van der Waals surface area (Å²) >= 11 is 0. The first-order valence-electron chi connectivity index (χ1n) is 7.72. The first-order valence-corrected chi connectivity index (χ1v) is 7.72. The molecule has 0 aliphatic carbocycles. The van der Waals surface area contributed by atoms with E-state index in [1.807, 2.05) is 20.9 Å². The lowest BCUT2D eigenvalue weighted by Crippen LogP contribution is -2.27. The average molecular weight is 346 g/mol. The van der Waals surface area contributed by atoms with Crippen LogP contribution in [0.25, 0.3) is 0 Å². The number of nitrogens with one attached hydrogen (secondary N) is 1. The van der Waals surface area contributed by atoms with E-state index in [1.54, 1.807) is 29.1 Å². The lowest BCUT2D eigenvalue weighted by Gasteiger charge is -2.15. The number of hydrogen-bond donors (Lipinski definition) is 2. The molecule has 8 nitrogen and oxygen atoms in total. The molecule has 0 saturated heterocycles. The van der Waals surface area contributed by atoms with Gasteiger partial charge >= 0.3 is 0 Å². The highest BCUT2D eigenvalue weighted by molar-refractivity contribution is 5.95. The van der Waals surface area contributed by atoms with Gasteiger partial charge in [-0.3, -0.25) is 14.3 Å². The lowest BCUT2D eigenvalue weighted by atomic mass is 10.1. The summed E-state index contributed by atoms with van der Waals surface area (Å²) in [6.45, 7) is 3.57. The van der Waals surface area contributed by atoms with Gasteiger partial charge in [0.15, 0.2) is 18.1 Å². The van der Waals surface area contributed by atoms with Gasteiger partial charge in [-0.2, -0.15) is 5.10 Å². The van der Waals surface area contributed by atoms with Gasteiger partial charge in [-0.25, -0.2) is 0 Å². The van der Waals surface area contributed by atoms with Crippen molar-refractivity contribution in [2.24, 2.45) is 12.8 Å². The van der Waals surface area contributed by atoms with Crippen LogP contribution in [-0.4, -0.2) is 35.3 Å². The van der Waals surface area contributed by atoms with Crippen molar-refractivity contribution >= 4 is 11.8 Å². The van der Waals surface area contributed by atoms with Crippen molar-refractivity contribution in [3.05, 3.63) is 41.2 Å². The third kappa shape index (κ3) is 4.28. The Morgan fingerprint density at radius 2 is 2.08 bits per heavy atom. The highest BCUT2D eigenvalue weighted by Gasteiger charge is 2.17. The van der Waals surface area contributed by atoms with Crippen LogP contribution in [0.15, 0.2) is 24.4 Å². The first-order chi connectivity index (χ1) is 11.8. The number of aryl methyl sites for hydroxylation is 1. The normalized spacial score (nSPS) is 11.7. The first kappa shape index (κ1) is 18.3. The standard InChI is InChI=1S/C17H22N4O4/c1-10(13-8-19-21(3)11(13)2)20-17(23)12-5-6-14(15(7-12)24-4)25-9-16(18)22/h5-8,10H,9H2,1-4H3,(H2,18,22)(H,20,23). The van der Waals surface area contributed by atoms with Gasteiger partial charge in [0.2, 0.25) is 0 Å². The SMILES string of the molecule is COc1cc(C(=O)NC(C)c2cnn(C)c2C)ccc1OCC(N)=O. The van der Waals surface area contributed by atoms with Crippen molar-refractivity contribution in [2.75, 3.05) is 13.7 Å². The van der Waals surface area contributed by atoms with E-state index in [-0.39, 0.29) is 18.6 Å². The number of rotatable bonds is 7. The molecule has 0 bridgehead atoms. The molecular formula is C17H22N4O4. The molecule has 1 unspecified atom stereocenters. The fourth-order valence-electron chi connectivity index (χ4n) is 2.38. The Labute approximate surface area is 145 Å².